The van der Waals surface area contributed by atoms with E-state index >= 15 is 0 Å². The Bertz CT molecular complexity index is 6.00. The van der Waals surface area contributed by atoms with Gasteiger partial charge in [0.05, 0.1) is 0 Å². The van der Waals surface area contributed by atoms with Gasteiger partial charge in [-0.1, -0.05) is 0 Å². The molecule has 0 spiro atoms. The zero-order valence-electron chi connectivity index (χ0n) is 1.56. The molecule has 2 N–H and O–H groups in total. The molecular weight excluding hydrogens is 147 g/mol. The van der Waals surface area contributed by atoms with Crippen molar-refractivity contribution in [1.82, 2.24) is 0 Å². The topological polar surface area (TPSA) is 40.5 Å². The van der Waals surface area contributed by atoms with Crippen LogP contribution in [0.2, 0.25) is 0 Å². The summed E-state index contributed by atoms with van der Waals surface area (Å²) in [6.45, 7) is 0. The molecule has 0 fully saturated rings. The molecular formula is H2FeNiO2. The van der Waals surface area contributed by atoms with E-state index in [2.05, 4.69) is 0 Å². The Balaban J connectivity index is -0.00000000500. The monoisotopic (exact) mass is 148 g/mol. The molecule has 4 heavy (non-hydrogen) atoms. The molecule has 0 rings (SSSR count). The van der Waals surface area contributed by atoms with Crippen molar-refractivity contribution in [2.45, 2.75) is 0 Å². The Morgan fingerprint density at radius 2 is 1.00 bits per heavy atom. The van der Waals surface area contributed by atoms with Crippen LogP contribution in [0.5, 0.6) is 0 Å². The minimum Gasteiger partial charge on any atom is -0.255 e. The second-order valence-corrected chi connectivity index (χ2v) is 0. The summed E-state index contributed by atoms with van der Waals surface area (Å²) in [4.78, 5) is 0. The van der Waals surface area contributed by atoms with Crippen molar-refractivity contribution in [2.24, 2.45) is 0 Å². The molecule has 0 bridgehead atoms. The van der Waals surface area contributed by atoms with Crippen LogP contribution >= 0.6 is 0 Å². The Morgan fingerprint density at radius 3 is 1.00 bits per heavy atom. The van der Waals surface area contributed by atoms with Crippen molar-refractivity contribution in [3.8, 4) is 0 Å². The standard InChI is InChI=1S/Fe.Ni.H2O2/c;;1-2/h;;1-2H. The molecule has 0 aliphatic heterocycles. The van der Waals surface area contributed by atoms with Crippen LogP contribution < -0.4 is 0 Å². The van der Waals surface area contributed by atoms with E-state index in [9.17, 15) is 0 Å². The fourth-order valence-electron chi connectivity index (χ4n) is 0. The van der Waals surface area contributed by atoms with E-state index in [1.165, 1.54) is 0 Å². The summed E-state index contributed by atoms with van der Waals surface area (Å²) in [7, 11) is 0. The van der Waals surface area contributed by atoms with E-state index in [1.54, 1.807) is 0 Å². The first-order valence-corrected chi connectivity index (χ1v) is 0.200. The van der Waals surface area contributed by atoms with Gasteiger partial charge in [-0.2, -0.15) is 0 Å². The molecule has 0 aromatic carbocycles. The van der Waals surface area contributed by atoms with Gasteiger partial charge in [0.25, 0.3) is 0 Å². The van der Waals surface area contributed by atoms with Crippen LogP contribution in [0.15, 0.2) is 0 Å². The Labute approximate surface area is 44.5 Å². The largest absolute Gasteiger partial charge is 0.255 e. The van der Waals surface area contributed by atoms with Gasteiger partial charge >= 0.3 is 0 Å². The van der Waals surface area contributed by atoms with E-state index in [1.807, 2.05) is 0 Å². The van der Waals surface area contributed by atoms with E-state index in [0.29, 0.717) is 0 Å². The maximum atomic E-state index is 6.00. The van der Waals surface area contributed by atoms with E-state index in [-0.39, 0.29) is 33.6 Å². The zero-order valence-corrected chi connectivity index (χ0v) is 3.66. The minimum absolute atomic E-state index is 0. The molecule has 2 nitrogen and oxygen atoms in total. The van der Waals surface area contributed by atoms with Crippen LogP contribution in [0.1, 0.15) is 0 Å². The van der Waals surface area contributed by atoms with Gasteiger partial charge in [-0.25, -0.2) is 0 Å². The molecule has 32 valence electrons. The van der Waals surface area contributed by atoms with Crippen molar-refractivity contribution in [3.05, 3.63) is 0 Å². The normalized spacial score (nSPS) is 1.50. The van der Waals surface area contributed by atoms with Crippen LogP contribution in [-0.4, -0.2) is 10.5 Å². The average molecular weight is 149 g/mol. The van der Waals surface area contributed by atoms with E-state index in [0.717, 1.165) is 0 Å². The van der Waals surface area contributed by atoms with Crippen molar-refractivity contribution in [2.75, 3.05) is 0 Å². The SMILES string of the molecule is OO.[Fe].[Ni]. The third kappa shape index (κ3) is 12.6. The first kappa shape index (κ1) is 20.4. The van der Waals surface area contributed by atoms with Gasteiger partial charge < -0.3 is 0 Å². The quantitative estimate of drug-likeness (QED) is 0.289. The summed E-state index contributed by atoms with van der Waals surface area (Å²) in [5.74, 6) is 0. The molecule has 0 aromatic heterocycles. The van der Waals surface area contributed by atoms with Crippen LogP contribution in [0, 0.1) is 0 Å². The molecule has 0 amide bonds. The maximum absolute atomic E-state index is 6.00. The number of hydrogen-bond acceptors (Lipinski definition) is 2. The van der Waals surface area contributed by atoms with Crippen LogP contribution in [0.4, 0.5) is 0 Å². The Kier molecular flexibility index (Phi) is 198. The molecule has 0 saturated heterocycles. The van der Waals surface area contributed by atoms with Gasteiger partial charge in [0.15, 0.2) is 0 Å². The van der Waals surface area contributed by atoms with E-state index < -0.39 is 0 Å². The number of rotatable bonds is 0. The van der Waals surface area contributed by atoms with Crippen LogP contribution in [-0.2, 0) is 33.6 Å². The van der Waals surface area contributed by atoms with Crippen LogP contribution in [0.25, 0.3) is 0 Å². The predicted octanol–water partition coefficient (Wildman–Crippen LogP) is 0.0124. The molecule has 0 atom stereocenters. The van der Waals surface area contributed by atoms with Crippen LogP contribution in [0.3, 0.4) is 0 Å². The predicted molar refractivity (Wildman–Crippen MR) is 5.26 cm³/mol. The van der Waals surface area contributed by atoms with Gasteiger partial charge in [-0.3, -0.25) is 10.5 Å². The molecule has 0 radical (unpaired) electrons. The fraction of sp³-hybridized carbons (Fsp3) is 0. The zero-order chi connectivity index (χ0) is 2.00. The van der Waals surface area contributed by atoms with Gasteiger partial charge in [0.2, 0.25) is 0 Å². The first-order chi connectivity index (χ1) is 1.00. The molecule has 0 aliphatic carbocycles. The summed E-state index contributed by atoms with van der Waals surface area (Å²) in [6, 6.07) is 0. The van der Waals surface area contributed by atoms with Crippen molar-refractivity contribution in [1.29, 1.82) is 0 Å². The summed E-state index contributed by atoms with van der Waals surface area (Å²) >= 11 is 0. The van der Waals surface area contributed by atoms with Gasteiger partial charge in [-0.15, -0.1) is 0 Å². The molecule has 0 heterocycles. The summed E-state index contributed by atoms with van der Waals surface area (Å²) in [5, 5.41) is 12.0. The van der Waals surface area contributed by atoms with Crippen molar-refractivity contribution >= 4 is 0 Å². The summed E-state index contributed by atoms with van der Waals surface area (Å²) in [5.41, 5.74) is 0. The molecule has 0 aromatic rings. The molecule has 0 aliphatic rings. The third-order valence-electron chi connectivity index (χ3n) is 0. The molecule has 0 saturated carbocycles. The third-order valence-corrected chi connectivity index (χ3v) is 0. The van der Waals surface area contributed by atoms with Gasteiger partial charge in [0.1, 0.15) is 0 Å². The van der Waals surface area contributed by atoms with Gasteiger partial charge in [-0.05, 0) is 0 Å². The van der Waals surface area contributed by atoms with Gasteiger partial charge in [0, 0.05) is 33.6 Å². The Hall–Kier alpha value is 0.933. The first-order valence-electron chi connectivity index (χ1n) is 0.200. The van der Waals surface area contributed by atoms with E-state index in [4.69, 9.17) is 10.5 Å². The average Bonchev–Trinajstić information content (AvgIpc) is 1.00. The molecule has 4 heteroatoms. The Morgan fingerprint density at radius 1 is 1.00 bits per heavy atom. The number of hydrogen-bond donors (Lipinski definition) is 2. The minimum atomic E-state index is 0. The maximum Gasteiger partial charge on any atom is 0 e. The summed E-state index contributed by atoms with van der Waals surface area (Å²) in [6.07, 6.45) is 0. The van der Waals surface area contributed by atoms with Crippen molar-refractivity contribution < 1.29 is 44.1 Å². The second kappa shape index (κ2) is 38.9. The summed E-state index contributed by atoms with van der Waals surface area (Å²) < 4.78 is 0. The second-order valence-electron chi connectivity index (χ2n) is 0. The fourth-order valence-corrected chi connectivity index (χ4v) is 0. The molecule has 0 unspecified atom stereocenters. The smallest absolute Gasteiger partial charge is 0 e. The van der Waals surface area contributed by atoms with Crippen molar-refractivity contribution in [3.63, 3.8) is 0 Å².